The molecule has 21 heavy (non-hydrogen) atoms. The molecular weight excluding hydrogens is 408 g/mol. The summed E-state index contributed by atoms with van der Waals surface area (Å²) < 4.78 is 77.6. The molecule has 1 rings (SSSR count). The first-order valence-electron chi connectivity index (χ1n) is 5.80. The highest BCUT2D eigenvalue weighted by molar-refractivity contribution is 9.11. The van der Waals surface area contributed by atoms with E-state index in [-0.39, 0.29) is 16.4 Å². The van der Waals surface area contributed by atoms with Crippen molar-refractivity contribution < 1.29 is 26.3 Å². The Hall–Kier alpha value is 0.01000. The average Bonchev–Trinajstić information content (AvgIpc) is 2.61. The summed E-state index contributed by atoms with van der Waals surface area (Å²) in [6.07, 6.45) is -10.4. The lowest BCUT2D eigenvalue weighted by molar-refractivity contribution is -0.292. The van der Waals surface area contributed by atoms with Gasteiger partial charge in [0.2, 0.25) is 0 Å². The Bertz CT molecular complexity index is 439. The monoisotopic (exact) mass is 417 g/mol. The molecule has 1 N–H and O–H groups in total. The predicted octanol–water partition coefficient (Wildman–Crippen LogP) is 5.95. The van der Waals surface area contributed by atoms with Crippen LogP contribution in [0.5, 0.6) is 0 Å². The fourth-order valence-electron chi connectivity index (χ4n) is 1.76. The van der Waals surface area contributed by atoms with E-state index in [4.69, 9.17) is 11.6 Å². The maximum absolute atomic E-state index is 12.9. The zero-order chi connectivity index (χ0) is 16.4. The van der Waals surface area contributed by atoms with Crippen LogP contribution < -0.4 is 5.32 Å². The lowest BCUT2D eigenvalue weighted by atomic mass is 9.96. The second-order valence-corrected chi connectivity index (χ2v) is 7.07. The molecule has 1 aromatic heterocycles. The highest BCUT2D eigenvalue weighted by Gasteiger charge is 2.60. The summed E-state index contributed by atoms with van der Waals surface area (Å²) in [5, 5.41) is 2.42. The minimum absolute atomic E-state index is 0.0282. The van der Waals surface area contributed by atoms with Crippen molar-refractivity contribution in [2.24, 2.45) is 5.92 Å². The van der Waals surface area contributed by atoms with Crippen LogP contribution in [-0.4, -0.2) is 18.9 Å². The zero-order valence-corrected chi connectivity index (χ0v) is 13.7. The van der Waals surface area contributed by atoms with Crippen molar-refractivity contribution >= 4 is 38.9 Å². The van der Waals surface area contributed by atoms with Gasteiger partial charge in [-0.25, -0.2) is 0 Å². The highest BCUT2D eigenvalue weighted by Crippen LogP contribution is 2.49. The van der Waals surface area contributed by atoms with Gasteiger partial charge in [-0.05, 0) is 35.0 Å². The largest absolute Gasteiger partial charge is 0.402 e. The molecule has 0 spiro atoms. The van der Waals surface area contributed by atoms with Gasteiger partial charge in [-0.15, -0.1) is 11.3 Å². The quantitative estimate of drug-likeness (QED) is 0.583. The molecule has 1 heterocycles. The number of hydrogen-bond acceptors (Lipinski definition) is 2. The molecule has 0 saturated heterocycles. The van der Waals surface area contributed by atoms with Crippen LogP contribution in [-0.2, 0) is 0 Å². The van der Waals surface area contributed by atoms with Gasteiger partial charge >= 0.3 is 12.4 Å². The Morgan fingerprint density at radius 3 is 2.10 bits per heavy atom. The second kappa shape index (κ2) is 7.06. The van der Waals surface area contributed by atoms with Gasteiger partial charge in [0.05, 0.1) is 14.9 Å². The Balaban J connectivity index is 3.26. The van der Waals surface area contributed by atoms with Crippen molar-refractivity contribution in [3.63, 3.8) is 0 Å². The molecule has 1 unspecified atom stereocenters. The topological polar surface area (TPSA) is 12.0 Å². The van der Waals surface area contributed by atoms with Crippen LogP contribution in [0.2, 0.25) is 5.02 Å². The van der Waals surface area contributed by atoms with Crippen LogP contribution in [0.15, 0.2) is 9.85 Å². The molecule has 122 valence electrons. The number of hydrogen-bond donors (Lipinski definition) is 1. The molecule has 1 atom stereocenters. The van der Waals surface area contributed by atoms with E-state index in [1.807, 2.05) is 0 Å². The third-order valence-corrected chi connectivity index (χ3v) is 5.18. The van der Waals surface area contributed by atoms with Gasteiger partial charge in [0.1, 0.15) is 0 Å². The third kappa shape index (κ3) is 5.01. The van der Waals surface area contributed by atoms with Crippen molar-refractivity contribution in [1.29, 1.82) is 0 Å². The van der Waals surface area contributed by atoms with Crippen LogP contribution in [0.1, 0.15) is 24.3 Å². The van der Waals surface area contributed by atoms with Crippen molar-refractivity contribution in [1.82, 2.24) is 5.32 Å². The van der Waals surface area contributed by atoms with Crippen LogP contribution in [0.4, 0.5) is 26.3 Å². The fraction of sp³-hybridized carbons (Fsp3) is 0.636. The first-order chi connectivity index (χ1) is 9.48. The number of rotatable bonds is 5. The Labute approximate surface area is 134 Å². The normalized spacial score (nSPS) is 14.8. The number of thiophene rings is 1. The number of alkyl halides is 6. The predicted molar refractivity (Wildman–Crippen MR) is 73.7 cm³/mol. The summed E-state index contributed by atoms with van der Waals surface area (Å²) in [6.45, 7) is 1.68. The molecule has 0 radical (unpaired) electrons. The summed E-state index contributed by atoms with van der Waals surface area (Å²) in [7, 11) is 0. The van der Waals surface area contributed by atoms with E-state index in [1.165, 1.54) is 0 Å². The van der Waals surface area contributed by atoms with Gasteiger partial charge in [-0.2, -0.15) is 26.3 Å². The van der Waals surface area contributed by atoms with Gasteiger partial charge in [-0.3, -0.25) is 0 Å². The van der Waals surface area contributed by atoms with Gasteiger partial charge in [-0.1, -0.05) is 18.5 Å². The Morgan fingerprint density at radius 1 is 1.24 bits per heavy atom. The van der Waals surface area contributed by atoms with Gasteiger partial charge in [0.25, 0.3) is 0 Å². The summed E-state index contributed by atoms with van der Waals surface area (Å²) >= 11 is 9.47. The molecule has 0 aliphatic carbocycles. The Morgan fingerprint density at radius 2 is 1.76 bits per heavy atom. The standard InChI is InChI=1S/C11H11BrClF6NS/c1-2-3-20-7(6-4-5(13)9(12)21-6)8(10(14,15)16)11(17,18)19/h4,7-8,20H,2-3H2,1H3. The molecule has 0 aliphatic rings. The maximum atomic E-state index is 12.9. The van der Waals surface area contributed by atoms with E-state index in [1.54, 1.807) is 6.92 Å². The minimum Gasteiger partial charge on any atom is -0.308 e. The summed E-state index contributed by atoms with van der Waals surface area (Å²) in [6, 6.07) is -0.799. The van der Waals surface area contributed by atoms with Gasteiger partial charge in [0.15, 0.2) is 5.92 Å². The Kier molecular flexibility index (Phi) is 6.40. The van der Waals surface area contributed by atoms with E-state index >= 15 is 0 Å². The van der Waals surface area contributed by atoms with E-state index in [9.17, 15) is 26.3 Å². The third-order valence-electron chi connectivity index (χ3n) is 2.62. The molecule has 10 heteroatoms. The molecule has 0 aliphatic heterocycles. The lowest BCUT2D eigenvalue weighted by Crippen LogP contribution is -2.45. The van der Waals surface area contributed by atoms with Crippen LogP contribution in [0, 0.1) is 5.92 Å². The smallest absolute Gasteiger partial charge is 0.308 e. The van der Waals surface area contributed by atoms with E-state index in [2.05, 4.69) is 21.2 Å². The maximum Gasteiger partial charge on any atom is 0.402 e. The van der Waals surface area contributed by atoms with Crippen LogP contribution in [0.3, 0.4) is 0 Å². The molecule has 0 bridgehead atoms. The van der Waals surface area contributed by atoms with Crippen molar-refractivity contribution in [2.75, 3.05) is 6.54 Å². The van der Waals surface area contributed by atoms with Crippen LogP contribution in [0.25, 0.3) is 0 Å². The molecular formula is C11H11BrClF6NS. The highest BCUT2D eigenvalue weighted by atomic mass is 79.9. The lowest BCUT2D eigenvalue weighted by Gasteiger charge is -2.30. The molecule has 0 saturated carbocycles. The molecule has 0 fully saturated rings. The molecule has 0 amide bonds. The second-order valence-electron chi connectivity index (χ2n) is 4.26. The average molecular weight is 419 g/mol. The van der Waals surface area contributed by atoms with Gasteiger partial charge < -0.3 is 5.32 Å². The minimum atomic E-state index is -5.41. The van der Waals surface area contributed by atoms with Crippen LogP contribution >= 0.6 is 38.9 Å². The number of halogens is 8. The SMILES string of the molecule is CCCNC(c1cc(Cl)c(Br)s1)C(C(F)(F)F)C(F)(F)F. The van der Waals surface area contributed by atoms with Crippen molar-refractivity contribution in [3.05, 3.63) is 19.8 Å². The first kappa shape index (κ1) is 19.1. The molecule has 0 aromatic carbocycles. The fourth-order valence-corrected chi connectivity index (χ4v) is 3.62. The first-order valence-corrected chi connectivity index (χ1v) is 7.78. The molecule has 1 aromatic rings. The van der Waals surface area contributed by atoms with Crippen molar-refractivity contribution in [3.8, 4) is 0 Å². The number of nitrogens with one attached hydrogen (secondary N) is 1. The zero-order valence-electron chi connectivity index (χ0n) is 10.6. The summed E-state index contributed by atoms with van der Waals surface area (Å²) in [5.41, 5.74) is 0. The van der Waals surface area contributed by atoms with E-state index in [0.29, 0.717) is 10.2 Å². The summed E-state index contributed by atoms with van der Waals surface area (Å²) in [5.74, 6) is -3.49. The summed E-state index contributed by atoms with van der Waals surface area (Å²) in [4.78, 5) is -0.111. The van der Waals surface area contributed by atoms with Gasteiger partial charge in [0, 0.05) is 4.88 Å². The van der Waals surface area contributed by atoms with Crippen molar-refractivity contribution in [2.45, 2.75) is 31.7 Å². The van der Waals surface area contributed by atoms with E-state index < -0.39 is 24.3 Å². The van der Waals surface area contributed by atoms with E-state index in [0.717, 1.165) is 17.4 Å². The molecule has 1 nitrogen and oxygen atoms in total.